The van der Waals surface area contributed by atoms with E-state index in [2.05, 4.69) is 25.7 Å². The fourth-order valence-electron chi connectivity index (χ4n) is 3.12. The molecule has 0 aliphatic rings. The molecule has 0 saturated heterocycles. The average Bonchev–Trinajstić information content (AvgIpc) is 3.27. The minimum absolute atomic E-state index is 0.207. The second-order valence-electron chi connectivity index (χ2n) is 7.16. The van der Waals surface area contributed by atoms with Gasteiger partial charge in [-0.3, -0.25) is 9.78 Å². The molecule has 32 heavy (non-hydrogen) atoms. The third kappa shape index (κ3) is 4.84. The topological polar surface area (TPSA) is 123 Å². The Morgan fingerprint density at radius 1 is 1.03 bits per heavy atom. The van der Waals surface area contributed by atoms with Crippen LogP contribution in [0.15, 0.2) is 66.9 Å². The molecule has 0 saturated carbocycles. The van der Waals surface area contributed by atoms with Gasteiger partial charge in [-0.05, 0) is 53.6 Å². The number of carbonyl (C=O) groups excluding carboxylic acids is 1. The smallest absolute Gasteiger partial charge is 0.335 e. The van der Waals surface area contributed by atoms with Crippen molar-refractivity contribution in [3.05, 3.63) is 94.8 Å². The minimum Gasteiger partial charge on any atom is -0.478 e. The van der Waals surface area contributed by atoms with E-state index in [0.29, 0.717) is 30.0 Å². The van der Waals surface area contributed by atoms with E-state index in [9.17, 15) is 9.59 Å². The zero-order valence-electron chi connectivity index (χ0n) is 17.3. The number of tetrazole rings is 1. The van der Waals surface area contributed by atoms with Crippen molar-refractivity contribution in [2.75, 3.05) is 0 Å². The molecule has 160 valence electrons. The second kappa shape index (κ2) is 9.17. The van der Waals surface area contributed by atoms with E-state index in [1.165, 1.54) is 16.9 Å². The summed E-state index contributed by atoms with van der Waals surface area (Å²) in [6, 6.07) is 17.3. The molecule has 4 aromatic rings. The third-order valence-corrected chi connectivity index (χ3v) is 4.92. The number of hydrogen-bond donors (Lipinski definition) is 2. The molecule has 9 heteroatoms. The van der Waals surface area contributed by atoms with Crippen LogP contribution in [0, 0.1) is 6.92 Å². The summed E-state index contributed by atoms with van der Waals surface area (Å²) in [5.41, 5.74) is 4.05. The van der Waals surface area contributed by atoms with Crippen molar-refractivity contribution < 1.29 is 14.7 Å². The van der Waals surface area contributed by atoms with Crippen LogP contribution in [0.4, 0.5) is 0 Å². The van der Waals surface area contributed by atoms with Gasteiger partial charge in [-0.2, -0.15) is 4.80 Å². The number of rotatable bonds is 7. The molecule has 2 aromatic heterocycles. The van der Waals surface area contributed by atoms with Crippen molar-refractivity contribution in [2.24, 2.45) is 0 Å². The van der Waals surface area contributed by atoms with Crippen molar-refractivity contribution >= 4 is 11.9 Å². The second-order valence-corrected chi connectivity index (χ2v) is 7.16. The summed E-state index contributed by atoms with van der Waals surface area (Å²) in [6.07, 6.45) is 1.72. The van der Waals surface area contributed by atoms with Crippen molar-refractivity contribution in [3.63, 3.8) is 0 Å². The lowest BCUT2D eigenvalue weighted by Gasteiger charge is -2.08. The maximum absolute atomic E-state index is 12.6. The van der Waals surface area contributed by atoms with Gasteiger partial charge in [0, 0.05) is 29.6 Å². The number of aryl methyl sites for hydroxylation is 1. The SMILES string of the molecule is Cc1ncccc1CNC(=O)c1cccc(-c2nnn(Cc3ccc(C(=O)O)cc3)n2)c1. The van der Waals surface area contributed by atoms with Crippen molar-refractivity contribution in [1.29, 1.82) is 0 Å². The molecule has 0 atom stereocenters. The van der Waals surface area contributed by atoms with Gasteiger partial charge < -0.3 is 10.4 Å². The maximum atomic E-state index is 12.6. The van der Waals surface area contributed by atoms with E-state index in [0.717, 1.165) is 16.8 Å². The standard InChI is InChI=1S/C23H20N6O3/c1-15-20(6-3-11-24-15)13-25-22(30)19-5-2-4-18(12-19)21-26-28-29(27-21)14-16-7-9-17(10-8-16)23(31)32/h2-12H,13-14H2,1H3,(H,25,30)(H,31,32). The van der Waals surface area contributed by atoms with Crippen LogP contribution in [0.5, 0.6) is 0 Å². The average molecular weight is 428 g/mol. The summed E-state index contributed by atoms with van der Waals surface area (Å²) in [5, 5.41) is 24.4. The first-order valence-corrected chi connectivity index (χ1v) is 9.89. The number of benzene rings is 2. The Morgan fingerprint density at radius 2 is 1.84 bits per heavy atom. The van der Waals surface area contributed by atoms with E-state index < -0.39 is 5.97 Å². The summed E-state index contributed by atoms with van der Waals surface area (Å²) < 4.78 is 0. The Balaban J connectivity index is 1.44. The first-order chi connectivity index (χ1) is 15.5. The van der Waals surface area contributed by atoms with E-state index in [4.69, 9.17) is 5.11 Å². The minimum atomic E-state index is -0.975. The number of nitrogens with zero attached hydrogens (tertiary/aromatic N) is 5. The predicted molar refractivity (Wildman–Crippen MR) is 116 cm³/mol. The van der Waals surface area contributed by atoms with Crippen LogP contribution >= 0.6 is 0 Å². The molecule has 0 fully saturated rings. The molecule has 0 aliphatic carbocycles. The number of carboxylic acids is 1. The summed E-state index contributed by atoms with van der Waals surface area (Å²) in [4.78, 5) is 29.2. The maximum Gasteiger partial charge on any atom is 0.335 e. The quantitative estimate of drug-likeness (QED) is 0.464. The van der Waals surface area contributed by atoms with E-state index in [-0.39, 0.29) is 11.5 Å². The van der Waals surface area contributed by atoms with Crippen molar-refractivity contribution in [3.8, 4) is 11.4 Å². The molecular formula is C23H20N6O3. The number of carboxylic acid groups (broad SMARTS) is 1. The molecule has 4 rings (SSSR count). The van der Waals surface area contributed by atoms with Gasteiger partial charge in [-0.25, -0.2) is 4.79 Å². The fourth-order valence-corrected chi connectivity index (χ4v) is 3.12. The Morgan fingerprint density at radius 3 is 2.59 bits per heavy atom. The number of carbonyl (C=O) groups is 2. The first kappa shape index (κ1) is 20.9. The largest absolute Gasteiger partial charge is 0.478 e. The number of pyridine rings is 1. The molecule has 0 spiro atoms. The lowest BCUT2D eigenvalue weighted by molar-refractivity contribution is 0.0696. The van der Waals surface area contributed by atoms with Gasteiger partial charge in [0.05, 0.1) is 12.1 Å². The highest BCUT2D eigenvalue weighted by atomic mass is 16.4. The molecular weight excluding hydrogens is 408 g/mol. The Bertz CT molecular complexity index is 1270. The molecule has 2 aromatic carbocycles. The zero-order chi connectivity index (χ0) is 22.5. The highest BCUT2D eigenvalue weighted by Gasteiger charge is 2.12. The Hall–Kier alpha value is -4.40. The number of aromatic carboxylic acids is 1. The summed E-state index contributed by atoms with van der Waals surface area (Å²) in [5.74, 6) is -0.789. The molecule has 1 amide bonds. The van der Waals surface area contributed by atoms with Gasteiger partial charge >= 0.3 is 5.97 Å². The number of hydrogen-bond acceptors (Lipinski definition) is 6. The molecule has 0 bridgehead atoms. The molecule has 2 heterocycles. The molecule has 0 radical (unpaired) electrons. The summed E-state index contributed by atoms with van der Waals surface area (Å²) in [7, 11) is 0. The summed E-state index contributed by atoms with van der Waals surface area (Å²) >= 11 is 0. The Kier molecular flexibility index (Phi) is 5.98. The van der Waals surface area contributed by atoms with E-state index in [1.807, 2.05) is 25.1 Å². The molecule has 2 N–H and O–H groups in total. The highest BCUT2D eigenvalue weighted by Crippen LogP contribution is 2.16. The van der Waals surface area contributed by atoms with Crippen LogP contribution in [0.25, 0.3) is 11.4 Å². The van der Waals surface area contributed by atoms with Crippen LogP contribution in [0.2, 0.25) is 0 Å². The predicted octanol–water partition coefficient (Wildman–Crippen LogP) is 2.72. The van der Waals surface area contributed by atoms with Crippen LogP contribution in [-0.2, 0) is 13.1 Å². The highest BCUT2D eigenvalue weighted by molar-refractivity contribution is 5.95. The Labute approximate surface area is 183 Å². The van der Waals surface area contributed by atoms with E-state index >= 15 is 0 Å². The van der Waals surface area contributed by atoms with Crippen LogP contribution < -0.4 is 5.32 Å². The number of amides is 1. The van der Waals surface area contributed by atoms with Crippen molar-refractivity contribution in [2.45, 2.75) is 20.0 Å². The third-order valence-electron chi connectivity index (χ3n) is 4.92. The van der Waals surface area contributed by atoms with Gasteiger partial charge in [0.15, 0.2) is 0 Å². The number of aromatic nitrogens is 5. The van der Waals surface area contributed by atoms with Gasteiger partial charge in [0.1, 0.15) is 0 Å². The van der Waals surface area contributed by atoms with Gasteiger partial charge in [0.25, 0.3) is 5.91 Å². The number of nitrogens with one attached hydrogen (secondary N) is 1. The van der Waals surface area contributed by atoms with Gasteiger partial charge in [-0.15, -0.1) is 10.2 Å². The van der Waals surface area contributed by atoms with Gasteiger partial charge in [-0.1, -0.05) is 30.3 Å². The van der Waals surface area contributed by atoms with Crippen LogP contribution in [0.1, 0.15) is 37.5 Å². The fraction of sp³-hybridized carbons (Fsp3) is 0.130. The molecule has 0 unspecified atom stereocenters. The van der Waals surface area contributed by atoms with Crippen molar-refractivity contribution in [1.82, 2.24) is 30.5 Å². The molecule has 0 aliphatic heterocycles. The van der Waals surface area contributed by atoms with Crippen LogP contribution in [0.3, 0.4) is 0 Å². The summed E-state index contributed by atoms with van der Waals surface area (Å²) in [6.45, 7) is 2.63. The monoisotopic (exact) mass is 428 g/mol. The molecule has 9 nitrogen and oxygen atoms in total. The zero-order valence-corrected chi connectivity index (χ0v) is 17.3. The van der Waals surface area contributed by atoms with Gasteiger partial charge in [0.2, 0.25) is 5.82 Å². The lowest BCUT2D eigenvalue weighted by Crippen LogP contribution is -2.23. The van der Waals surface area contributed by atoms with E-state index in [1.54, 1.807) is 36.5 Å². The van der Waals surface area contributed by atoms with Crippen LogP contribution in [-0.4, -0.2) is 42.2 Å². The first-order valence-electron chi connectivity index (χ1n) is 9.89. The normalized spacial score (nSPS) is 10.7. The lowest BCUT2D eigenvalue weighted by atomic mass is 10.1.